The van der Waals surface area contributed by atoms with Crippen molar-refractivity contribution in [2.24, 2.45) is 0 Å². The fourth-order valence-electron chi connectivity index (χ4n) is 4.17. The number of aryl methyl sites for hydroxylation is 1. The van der Waals surface area contributed by atoms with Gasteiger partial charge in [0.25, 0.3) is 11.7 Å². The van der Waals surface area contributed by atoms with Crippen LogP contribution in [0.1, 0.15) is 28.5 Å². The second-order valence-electron chi connectivity index (χ2n) is 7.83. The molecule has 0 bridgehead atoms. The lowest BCUT2D eigenvalue weighted by Gasteiger charge is -2.23. The molecule has 5 rings (SSSR count). The Bertz CT molecular complexity index is 1280. The van der Waals surface area contributed by atoms with Crippen LogP contribution < -0.4 is 14.2 Å². The Morgan fingerprint density at radius 1 is 1.12 bits per heavy atom. The van der Waals surface area contributed by atoms with Crippen molar-refractivity contribution in [3.8, 4) is 17.2 Å². The number of hydrogen-bond donors (Lipinski definition) is 1. The third kappa shape index (κ3) is 3.49. The fraction of sp³-hybridized carbons (Fsp3) is 0.200. The van der Waals surface area contributed by atoms with Crippen LogP contribution in [0.25, 0.3) is 5.76 Å². The molecule has 2 aliphatic rings. The van der Waals surface area contributed by atoms with Crippen molar-refractivity contribution in [1.82, 2.24) is 4.90 Å². The Hall–Kier alpha value is -4.20. The van der Waals surface area contributed by atoms with Gasteiger partial charge in [0.05, 0.1) is 24.5 Å². The van der Waals surface area contributed by atoms with E-state index < -0.39 is 17.7 Å². The number of amides is 1. The third-order valence-electron chi connectivity index (χ3n) is 5.75. The molecule has 2 aromatic carbocycles. The Balaban J connectivity index is 1.62. The molecule has 2 aliphatic heterocycles. The summed E-state index contributed by atoms with van der Waals surface area (Å²) in [6.45, 7) is 2.10. The third-order valence-corrected chi connectivity index (χ3v) is 5.75. The molecule has 3 aromatic rings. The molecule has 0 aliphatic carbocycles. The Kier molecular flexibility index (Phi) is 5.05. The first-order valence-corrected chi connectivity index (χ1v) is 10.3. The van der Waals surface area contributed by atoms with Gasteiger partial charge in [-0.3, -0.25) is 9.59 Å². The van der Waals surface area contributed by atoms with Crippen LogP contribution in [0.15, 0.2) is 64.8 Å². The first-order chi connectivity index (χ1) is 16.0. The van der Waals surface area contributed by atoms with Crippen LogP contribution in [0.2, 0.25) is 0 Å². The summed E-state index contributed by atoms with van der Waals surface area (Å²) in [7, 11) is 1.48. The highest BCUT2D eigenvalue weighted by Gasteiger charge is 2.47. The molecular formula is C25H21NO7. The first kappa shape index (κ1) is 20.7. The van der Waals surface area contributed by atoms with E-state index in [0.717, 1.165) is 11.1 Å². The lowest BCUT2D eigenvalue weighted by molar-refractivity contribution is -0.140. The van der Waals surface area contributed by atoms with E-state index in [-0.39, 0.29) is 24.7 Å². The van der Waals surface area contributed by atoms with Crippen LogP contribution in [0.4, 0.5) is 0 Å². The number of furan rings is 1. The van der Waals surface area contributed by atoms with E-state index >= 15 is 0 Å². The number of nitrogens with zero attached hydrogens (tertiary/aromatic N) is 1. The maximum Gasteiger partial charge on any atom is 0.296 e. The van der Waals surface area contributed by atoms with Gasteiger partial charge in [-0.1, -0.05) is 17.7 Å². The molecule has 168 valence electrons. The van der Waals surface area contributed by atoms with Crippen molar-refractivity contribution >= 4 is 17.4 Å². The standard InChI is InChI=1S/C25H21NO7/c1-14-5-7-17(30-2)16(10-14)23(27)21-22(19-4-3-9-31-19)26(25(29)24(21)28)12-15-6-8-18-20(11-15)33-13-32-18/h3-11,22,27H,12-13H2,1-2H3/b23-21-. The van der Waals surface area contributed by atoms with Crippen LogP contribution in [0, 0.1) is 6.92 Å². The molecular weight excluding hydrogens is 426 g/mol. The lowest BCUT2D eigenvalue weighted by Crippen LogP contribution is -2.29. The second kappa shape index (κ2) is 8.05. The molecule has 1 saturated heterocycles. The number of Topliss-reactive ketones (excluding diaryl/α,β-unsaturated/α-hetero) is 1. The van der Waals surface area contributed by atoms with Crippen LogP contribution in [0.5, 0.6) is 17.2 Å². The molecule has 3 heterocycles. The molecule has 8 heteroatoms. The number of hydrogen-bond acceptors (Lipinski definition) is 7. The zero-order chi connectivity index (χ0) is 23.1. The molecule has 0 saturated carbocycles. The van der Waals surface area contributed by atoms with Gasteiger partial charge in [-0.05, 0) is 48.9 Å². The normalized spacial score (nSPS) is 18.7. The van der Waals surface area contributed by atoms with Gasteiger partial charge in [0, 0.05) is 6.54 Å². The second-order valence-corrected chi connectivity index (χ2v) is 7.83. The average molecular weight is 447 g/mol. The molecule has 0 spiro atoms. The number of rotatable bonds is 5. The Labute approximate surface area is 189 Å². The average Bonchev–Trinajstić information content (AvgIpc) is 3.55. The minimum absolute atomic E-state index is 0.0559. The molecule has 1 fully saturated rings. The van der Waals surface area contributed by atoms with Crippen molar-refractivity contribution in [3.63, 3.8) is 0 Å². The van der Waals surface area contributed by atoms with Crippen LogP contribution in [-0.2, 0) is 16.1 Å². The van der Waals surface area contributed by atoms with E-state index in [0.29, 0.717) is 28.6 Å². The van der Waals surface area contributed by atoms with Crippen molar-refractivity contribution in [3.05, 3.63) is 82.8 Å². The minimum atomic E-state index is -0.907. The summed E-state index contributed by atoms with van der Waals surface area (Å²) in [6, 6.07) is 13.0. The molecule has 1 unspecified atom stereocenters. The predicted octanol–water partition coefficient (Wildman–Crippen LogP) is 3.95. The van der Waals surface area contributed by atoms with Gasteiger partial charge in [0.1, 0.15) is 23.3 Å². The molecule has 1 aromatic heterocycles. The van der Waals surface area contributed by atoms with Gasteiger partial charge in [-0.15, -0.1) is 0 Å². The van der Waals surface area contributed by atoms with E-state index in [2.05, 4.69) is 0 Å². The van der Waals surface area contributed by atoms with E-state index in [9.17, 15) is 14.7 Å². The zero-order valence-electron chi connectivity index (χ0n) is 18.0. The van der Waals surface area contributed by atoms with Crippen molar-refractivity contribution < 1.29 is 33.3 Å². The van der Waals surface area contributed by atoms with Gasteiger partial charge >= 0.3 is 0 Å². The topological polar surface area (TPSA) is 98.4 Å². The number of fused-ring (bicyclic) bond motifs is 1. The summed E-state index contributed by atoms with van der Waals surface area (Å²) in [5, 5.41) is 11.2. The lowest BCUT2D eigenvalue weighted by atomic mass is 9.97. The largest absolute Gasteiger partial charge is 0.507 e. The number of benzene rings is 2. The van der Waals surface area contributed by atoms with Gasteiger partial charge in [-0.25, -0.2) is 0 Å². The van der Waals surface area contributed by atoms with Gasteiger partial charge in [0.2, 0.25) is 6.79 Å². The number of ether oxygens (including phenoxy) is 3. The van der Waals surface area contributed by atoms with Crippen LogP contribution in [-0.4, -0.2) is 35.6 Å². The summed E-state index contributed by atoms with van der Waals surface area (Å²) in [6.07, 6.45) is 1.46. The number of aliphatic hydroxyl groups is 1. The predicted molar refractivity (Wildman–Crippen MR) is 117 cm³/mol. The quantitative estimate of drug-likeness (QED) is 0.359. The van der Waals surface area contributed by atoms with E-state index in [1.807, 2.05) is 13.0 Å². The summed E-state index contributed by atoms with van der Waals surface area (Å²) in [5.41, 5.74) is 1.88. The van der Waals surface area contributed by atoms with E-state index in [1.165, 1.54) is 18.3 Å². The number of likely N-dealkylation sites (tertiary alicyclic amines) is 1. The molecule has 33 heavy (non-hydrogen) atoms. The zero-order valence-corrected chi connectivity index (χ0v) is 18.0. The van der Waals surface area contributed by atoms with Crippen molar-refractivity contribution in [1.29, 1.82) is 0 Å². The highest BCUT2D eigenvalue weighted by Crippen LogP contribution is 2.42. The number of carbonyl (C=O) groups excluding carboxylic acids is 2. The van der Waals surface area contributed by atoms with Crippen LogP contribution >= 0.6 is 0 Å². The maximum absolute atomic E-state index is 13.2. The molecule has 1 N–H and O–H groups in total. The number of ketones is 1. The number of methoxy groups -OCH3 is 1. The highest BCUT2D eigenvalue weighted by molar-refractivity contribution is 6.46. The van der Waals surface area contributed by atoms with Crippen LogP contribution in [0.3, 0.4) is 0 Å². The number of carbonyl (C=O) groups is 2. The first-order valence-electron chi connectivity index (χ1n) is 10.3. The van der Waals surface area contributed by atoms with E-state index in [1.54, 1.807) is 42.5 Å². The fourth-order valence-corrected chi connectivity index (χ4v) is 4.17. The Morgan fingerprint density at radius 2 is 1.94 bits per heavy atom. The molecule has 8 nitrogen and oxygen atoms in total. The van der Waals surface area contributed by atoms with Crippen molar-refractivity contribution in [2.75, 3.05) is 13.9 Å². The van der Waals surface area contributed by atoms with Gasteiger partial charge in [0.15, 0.2) is 11.5 Å². The van der Waals surface area contributed by atoms with Gasteiger partial charge in [-0.2, -0.15) is 0 Å². The summed E-state index contributed by atoms with van der Waals surface area (Å²) in [4.78, 5) is 27.7. The van der Waals surface area contributed by atoms with Gasteiger partial charge < -0.3 is 28.6 Å². The van der Waals surface area contributed by atoms with E-state index in [4.69, 9.17) is 18.6 Å². The monoisotopic (exact) mass is 447 g/mol. The summed E-state index contributed by atoms with van der Waals surface area (Å²) < 4.78 is 21.7. The number of aliphatic hydroxyl groups excluding tert-OH is 1. The minimum Gasteiger partial charge on any atom is -0.507 e. The summed E-state index contributed by atoms with van der Waals surface area (Å²) >= 11 is 0. The smallest absolute Gasteiger partial charge is 0.296 e. The van der Waals surface area contributed by atoms with Crippen molar-refractivity contribution in [2.45, 2.75) is 19.5 Å². The summed E-state index contributed by atoms with van der Waals surface area (Å²) in [5.74, 6) is 0.100. The molecule has 1 amide bonds. The maximum atomic E-state index is 13.2. The molecule has 0 radical (unpaired) electrons. The highest BCUT2D eigenvalue weighted by atomic mass is 16.7. The molecule has 1 atom stereocenters. The SMILES string of the molecule is COc1ccc(C)cc1/C(O)=C1/C(=O)C(=O)N(Cc2ccc3c(c2)OCO3)C1c1ccco1. The Morgan fingerprint density at radius 3 is 2.70 bits per heavy atom.